The molecule has 18 heavy (non-hydrogen) atoms. The molecule has 1 N–H and O–H groups in total. The smallest absolute Gasteiger partial charge is 0.141 e. The molecule has 0 saturated carbocycles. The fraction of sp³-hybridized carbons (Fsp3) is 0.615. The molecule has 4 nitrogen and oxygen atoms in total. The number of nitrogens with one attached hydrogen (secondary N) is 1. The molecule has 0 spiro atoms. The number of pyridine rings is 1. The number of halogens is 1. The highest BCUT2D eigenvalue weighted by molar-refractivity contribution is 5.47. The van der Waals surface area contributed by atoms with Crippen molar-refractivity contribution in [1.82, 2.24) is 10.3 Å². The summed E-state index contributed by atoms with van der Waals surface area (Å²) in [6.45, 7) is 6.13. The molecule has 5 heteroatoms. The first-order chi connectivity index (χ1) is 8.60. The highest BCUT2D eigenvalue weighted by Crippen LogP contribution is 2.20. The Morgan fingerprint density at radius 3 is 2.78 bits per heavy atom. The lowest BCUT2D eigenvalue weighted by Crippen LogP contribution is -2.35. The Balaban J connectivity index is 3.01. The van der Waals surface area contributed by atoms with Crippen molar-refractivity contribution in [1.29, 1.82) is 0 Å². The van der Waals surface area contributed by atoms with Crippen LogP contribution in [0.1, 0.15) is 19.4 Å². The van der Waals surface area contributed by atoms with Crippen molar-refractivity contribution in [3.63, 3.8) is 0 Å². The second kappa shape index (κ2) is 7.28. The van der Waals surface area contributed by atoms with Crippen LogP contribution in [0, 0.1) is 5.82 Å². The minimum absolute atomic E-state index is 0.286. The molecule has 0 unspecified atom stereocenters. The summed E-state index contributed by atoms with van der Waals surface area (Å²) in [7, 11) is 3.51. The first kappa shape index (κ1) is 14.9. The zero-order valence-corrected chi connectivity index (χ0v) is 11.5. The van der Waals surface area contributed by atoms with E-state index in [1.807, 2.05) is 7.05 Å². The molecule has 0 bridgehead atoms. The van der Waals surface area contributed by atoms with Crippen LogP contribution in [0.3, 0.4) is 0 Å². The van der Waals surface area contributed by atoms with Gasteiger partial charge in [-0.3, -0.25) is 0 Å². The number of rotatable bonds is 7. The quantitative estimate of drug-likeness (QED) is 0.806. The maximum absolute atomic E-state index is 13.3. The Kier molecular flexibility index (Phi) is 6.01. The van der Waals surface area contributed by atoms with Gasteiger partial charge in [-0.25, -0.2) is 9.37 Å². The van der Waals surface area contributed by atoms with Crippen molar-refractivity contribution in [2.75, 3.05) is 32.2 Å². The van der Waals surface area contributed by atoms with Crippen LogP contribution in [0.4, 0.5) is 10.2 Å². The van der Waals surface area contributed by atoms with E-state index in [-0.39, 0.29) is 11.9 Å². The minimum Gasteiger partial charge on any atom is -0.383 e. The summed E-state index contributed by atoms with van der Waals surface area (Å²) < 4.78 is 18.4. The summed E-state index contributed by atoms with van der Waals surface area (Å²) in [6, 6.07) is 1.81. The van der Waals surface area contributed by atoms with Gasteiger partial charge >= 0.3 is 0 Å². The molecule has 0 fully saturated rings. The Morgan fingerprint density at radius 2 is 2.22 bits per heavy atom. The number of methoxy groups -OCH3 is 1. The molecule has 0 aromatic carbocycles. The number of ether oxygens (including phenoxy) is 1. The summed E-state index contributed by atoms with van der Waals surface area (Å²) in [6.07, 6.45) is 1.26. The van der Waals surface area contributed by atoms with Crippen LogP contribution in [-0.4, -0.2) is 38.3 Å². The van der Waals surface area contributed by atoms with Gasteiger partial charge in [0.1, 0.15) is 11.6 Å². The van der Waals surface area contributed by atoms with Gasteiger partial charge in [-0.2, -0.15) is 0 Å². The van der Waals surface area contributed by atoms with E-state index in [1.165, 1.54) is 12.3 Å². The number of aromatic nitrogens is 1. The van der Waals surface area contributed by atoms with Gasteiger partial charge in [0.15, 0.2) is 0 Å². The maximum Gasteiger partial charge on any atom is 0.141 e. The predicted octanol–water partition coefficient (Wildman–Crippen LogP) is 1.80. The van der Waals surface area contributed by atoms with Crippen LogP contribution in [-0.2, 0) is 11.3 Å². The van der Waals surface area contributed by atoms with E-state index < -0.39 is 0 Å². The minimum atomic E-state index is -0.306. The summed E-state index contributed by atoms with van der Waals surface area (Å²) in [5.74, 6) is 0.511. The van der Waals surface area contributed by atoms with E-state index in [0.29, 0.717) is 13.2 Å². The molecule has 0 saturated heterocycles. The molecule has 0 aliphatic rings. The van der Waals surface area contributed by atoms with Crippen LogP contribution in [0.5, 0.6) is 0 Å². The number of nitrogens with zero attached hydrogens (tertiary/aromatic N) is 2. The molecule has 0 aliphatic carbocycles. The maximum atomic E-state index is 13.3. The van der Waals surface area contributed by atoms with Crippen LogP contribution in [0.15, 0.2) is 12.3 Å². The summed E-state index contributed by atoms with van der Waals surface area (Å²) in [5, 5.41) is 3.04. The van der Waals surface area contributed by atoms with Crippen molar-refractivity contribution in [2.24, 2.45) is 0 Å². The van der Waals surface area contributed by atoms with Crippen LogP contribution in [0.25, 0.3) is 0 Å². The van der Waals surface area contributed by atoms with Crippen molar-refractivity contribution >= 4 is 5.82 Å². The molecule has 1 aromatic heterocycles. The molecule has 1 heterocycles. The molecule has 102 valence electrons. The summed E-state index contributed by atoms with van der Waals surface area (Å²) >= 11 is 0. The molecule has 1 rings (SSSR count). The normalized spacial score (nSPS) is 11.0. The first-order valence-corrected chi connectivity index (χ1v) is 6.14. The van der Waals surface area contributed by atoms with E-state index in [0.717, 1.165) is 17.9 Å². The largest absolute Gasteiger partial charge is 0.383 e. The topological polar surface area (TPSA) is 37.4 Å². The first-order valence-electron chi connectivity index (χ1n) is 6.14. The van der Waals surface area contributed by atoms with E-state index in [9.17, 15) is 4.39 Å². The van der Waals surface area contributed by atoms with Gasteiger partial charge in [0.2, 0.25) is 0 Å². The van der Waals surface area contributed by atoms with Gasteiger partial charge in [0.05, 0.1) is 12.8 Å². The number of hydrogen-bond acceptors (Lipinski definition) is 4. The molecular formula is C13H22FN3O. The second-order valence-corrected chi connectivity index (χ2v) is 4.45. The van der Waals surface area contributed by atoms with Crippen molar-refractivity contribution in [3.8, 4) is 0 Å². The Morgan fingerprint density at radius 1 is 1.50 bits per heavy atom. The van der Waals surface area contributed by atoms with Gasteiger partial charge in [-0.15, -0.1) is 0 Å². The second-order valence-electron chi connectivity index (χ2n) is 4.45. The molecule has 0 amide bonds. The predicted molar refractivity (Wildman–Crippen MR) is 71.3 cm³/mol. The van der Waals surface area contributed by atoms with E-state index in [1.54, 1.807) is 7.11 Å². The van der Waals surface area contributed by atoms with E-state index in [4.69, 9.17) is 4.74 Å². The molecule has 0 atom stereocenters. The molecule has 0 aliphatic heterocycles. The average molecular weight is 255 g/mol. The zero-order valence-electron chi connectivity index (χ0n) is 11.5. The van der Waals surface area contributed by atoms with Crippen LogP contribution < -0.4 is 10.2 Å². The van der Waals surface area contributed by atoms with Gasteiger partial charge in [-0.1, -0.05) is 0 Å². The Hall–Kier alpha value is -1.20. The highest BCUT2D eigenvalue weighted by atomic mass is 19.1. The summed E-state index contributed by atoms with van der Waals surface area (Å²) in [4.78, 5) is 6.35. The third-order valence-corrected chi connectivity index (χ3v) is 2.71. The lowest BCUT2D eigenvalue weighted by Gasteiger charge is -2.29. The number of anilines is 1. The van der Waals surface area contributed by atoms with E-state index >= 15 is 0 Å². The fourth-order valence-electron chi connectivity index (χ4n) is 1.85. The van der Waals surface area contributed by atoms with Crippen molar-refractivity contribution in [2.45, 2.75) is 26.4 Å². The summed E-state index contributed by atoms with van der Waals surface area (Å²) in [5.41, 5.74) is 0.863. The van der Waals surface area contributed by atoms with Crippen molar-refractivity contribution in [3.05, 3.63) is 23.6 Å². The molecular weight excluding hydrogens is 233 g/mol. The van der Waals surface area contributed by atoms with Gasteiger partial charge in [-0.05, 0) is 27.0 Å². The SMILES string of the molecule is CNCc1cc(F)cnc1N(CCOC)C(C)C. The Labute approximate surface area is 108 Å². The van der Waals surface area contributed by atoms with Crippen molar-refractivity contribution < 1.29 is 9.13 Å². The van der Waals surface area contributed by atoms with Gasteiger partial charge < -0.3 is 15.0 Å². The zero-order chi connectivity index (χ0) is 13.5. The molecule has 1 aromatic rings. The Bertz CT molecular complexity index is 371. The van der Waals surface area contributed by atoms with Gasteiger partial charge in [0, 0.05) is 31.8 Å². The lowest BCUT2D eigenvalue weighted by molar-refractivity contribution is 0.203. The monoisotopic (exact) mass is 255 g/mol. The molecule has 0 radical (unpaired) electrons. The number of hydrogen-bond donors (Lipinski definition) is 1. The third-order valence-electron chi connectivity index (χ3n) is 2.71. The third kappa shape index (κ3) is 3.92. The lowest BCUT2D eigenvalue weighted by atomic mass is 10.2. The van der Waals surface area contributed by atoms with Crippen LogP contribution >= 0.6 is 0 Å². The fourth-order valence-corrected chi connectivity index (χ4v) is 1.85. The van der Waals surface area contributed by atoms with E-state index in [2.05, 4.69) is 29.0 Å². The van der Waals surface area contributed by atoms with Crippen LogP contribution in [0.2, 0.25) is 0 Å². The highest BCUT2D eigenvalue weighted by Gasteiger charge is 2.16. The van der Waals surface area contributed by atoms with Gasteiger partial charge in [0.25, 0.3) is 0 Å². The average Bonchev–Trinajstić information content (AvgIpc) is 2.32. The standard InChI is InChI=1S/C13H22FN3O/c1-10(2)17(5-6-18-4)13-11(8-15-3)7-12(14)9-16-13/h7,9-10,15H,5-6,8H2,1-4H3.